The highest BCUT2D eigenvalue weighted by Crippen LogP contribution is 2.62. The van der Waals surface area contributed by atoms with Gasteiger partial charge in [0.05, 0.1) is 35.9 Å². The number of ketones is 1. The third-order valence-corrected chi connectivity index (χ3v) is 18.2. The van der Waals surface area contributed by atoms with Gasteiger partial charge in [0.2, 0.25) is 0 Å². The number of methoxy groups -OCH3 is 1. The molecule has 13 heteroatoms. The summed E-state index contributed by atoms with van der Waals surface area (Å²) in [6.07, 6.45) is 6.19. The fourth-order valence-corrected chi connectivity index (χ4v) is 15.2. The number of likely N-dealkylation sites (N-methyl/N-ethyl adjacent to an activating group) is 2. The number of imidazole rings is 1. The van der Waals surface area contributed by atoms with Gasteiger partial charge in [-0.15, -0.1) is 0 Å². The van der Waals surface area contributed by atoms with Gasteiger partial charge in [-0.25, -0.2) is 4.98 Å². The number of likely N-dealkylation sites (tertiary alicyclic amines) is 2. The Balaban J connectivity index is 1.09. The number of piperidine rings is 1. The Kier molecular flexibility index (Phi) is 14.4. The molecule has 378 valence electrons. The van der Waals surface area contributed by atoms with Crippen LogP contribution >= 0.6 is 23.2 Å². The fourth-order valence-electron chi connectivity index (χ4n) is 14.9. The third kappa shape index (κ3) is 8.89. The van der Waals surface area contributed by atoms with Crippen LogP contribution in [0.15, 0.2) is 103 Å². The molecule has 1 aliphatic carbocycles. The van der Waals surface area contributed by atoms with Gasteiger partial charge in [-0.1, -0.05) is 78.7 Å². The monoisotopic (exact) mass is 1000 g/mol. The molecule has 11 nitrogen and oxygen atoms in total. The minimum absolute atomic E-state index is 0.00749. The number of benzene rings is 4. The standard InChI is InChI=1S/C58H74Cl2N8O3/c1-10-57-51-28-42(26-38-14-12-11-13-15-38)54(57)65(6)32-36(2)62-50-30-45(27-39-16-21-43(59)22-17-39)66(7)55-47(35-70-9)63-53(58(50,55)56(57)69)37(3)68(51)33-41-18-23-44(60)29-49(41)71-46-24-19-40(20-25-46)48-31-61-52(67(48)8)34-64(4)5/h11-25,29,31,36-37,42,45,47,50-51,53-55,62-63H,10,26-28,30,32-35H2,1-9H3/t36-,37-,42+,45-,47+,50?,51?,53?,54?,55?,57?,58?/m0/s1. The molecule has 1 saturated carbocycles. The number of Topliss-reactive ketones (excluding diaryl/α,β-unsaturated/α-hetero) is 1. The van der Waals surface area contributed by atoms with Crippen molar-refractivity contribution in [1.82, 2.24) is 39.8 Å². The number of hydrogen-bond acceptors (Lipinski definition) is 10. The van der Waals surface area contributed by atoms with Gasteiger partial charge < -0.3 is 34.5 Å². The van der Waals surface area contributed by atoms with E-state index in [1.54, 1.807) is 7.11 Å². The van der Waals surface area contributed by atoms with Crippen molar-refractivity contribution in [2.24, 2.45) is 23.8 Å². The first-order valence-electron chi connectivity index (χ1n) is 25.9. The van der Waals surface area contributed by atoms with Crippen molar-refractivity contribution in [3.8, 4) is 22.8 Å². The van der Waals surface area contributed by atoms with E-state index in [0.29, 0.717) is 24.0 Å². The van der Waals surface area contributed by atoms with Gasteiger partial charge in [-0.3, -0.25) is 14.6 Å². The average molecular weight is 1000 g/mol. The Hall–Kier alpha value is -4.14. The number of nitrogens with one attached hydrogen (secondary N) is 2. The summed E-state index contributed by atoms with van der Waals surface area (Å²) in [6.45, 7) is 9.74. The summed E-state index contributed by atoms with van der Waals surface area (Å²) < 4.78 is 15.2. The van der Waals surface area contributed by atoms with Crippen LogP contribution in [0.2, 0.25) is 10.0 Å². The first kappa shape index (κ1) is 50.4. The summed E-state index contributed by atoms with van der Waals surface area (Å²) >= 11 is 13.3. The van der Waals surface area contributed by atoms with Crippen molar-refractivity contribution in [2.75, 3.05) is 48.5 Å². The van der Waals surface area contributed by atoms with Crippen molar-refractivity contribution >= 4 is 29.0 Å². The molecule has 7 unspecified atom stereocenters. The minimum atomic E-state index is -0.779. The molecule has 12 atom stereocenters. The van der Waals surface area contributed by atoms with E-state index in [0.717, 1.165) is 84.4 Å². The predicted octanol–water partition coefficient (Wildman–Crippen LogP) is 9.00. The number of rotatable bonds is 14. The van der Waals surface area contributed by atoms with Gasteiger partial charge in [0.15, 0.2) is 5.78 Å². The van der Waals surface area contributed by atoms with Crippen LogP contribution in [0.5, 0.6) is 11.5 Å². The van der Waals surface area contributed by atoms with Crippen LogP contribution in [0.1, 0.15) is 62.5 Å². The van der Waals surface area contributed by atoms with Gasteiger partial charge in [-0.05, 0) is 140 Å². The molecule has 71 heavy (non-hydrogen) atoms. The number of aromatic nitrogens is 2. The van der Waals surface area contributed by atoms with E-state index < -0.39 is 10.8 Å². The molecular weight excluding hydrogens is 928 g/mol. The highest BCUT2D eigenvalue weighted by Gasteiger charge is 2.77. The first-order chi connectivity index (χ1) is 34.2. The molecule has 2 bridgehead atoms. The maximum atomic E-state index is 17.5. The topological polar surface area (TPSA) is 90.4 Å². The number of halogens is 2. The van der Waals surface area contributed by atoms with E-state index in [1.807, 2.05) is 42.6 Å². The Bertz CT molecular complexity index is 2670. The summed E-state index contributed by atoms with van der Waals surface area (Å²) in [5.41, 5.74) is 4.24. The van der Waals surface area contributed by atoms with Gasteiger partial charge in [-0.2, -0.15) is 0 Å². The highest BCUT2D eigenvalue weighted by molar-refractivity contribution is 6.31. The van der Waals surface area contributed by atoms with Crippen molar-refractivity contribution in [2.45, 2.75) is 120 Å². The molecule has 5 heterocycles. The summed E-state index contributed by atoms with van der Waals surface area (Å²) in [7, 11) is 12.6. The number of ether oxygens (including phenoxy) is 2. The molecule has 5 aliphatic rings. The second kappa shape index (κ2) is 20.3. The normalized spacial score (nSPS) is 32.1. The van der Waals surface area contributed by atoms with E-state index in [9.17, 15) is 0 Å². The molecule has 4 aromatic carbocycles. The van der Waals surface area contributed by atoms with E-state index >= 15 is 4.79 Å². The molecule has 1 spiro atoms. The van der Waals surface area contributed by atoms with Gasteiger partial charge in [0, 0.05) is 103 Å². The Morgan fingerprint density at radius 3 is 2.28 bits per heavy atom. The van der Waals surface area contributed by atoms with Crippen LogP contribution in [-0.4, -0.2) is 138 Å². The maximum Gasteiger partial charge on any atom is 0.153 e. The summed E-state index contributed by atoms with van der Waals surface area (Å²) in [5.74, 6) is 3.12. The molecule has 5 aromatic rings. The predicted molar refractivity (Wildman–Crippen MR) is 285 cm³/mol. The molecule has 4 saturated heterocycles. The Labute approximate surface area is 432 Å². The second-order valence-corrected chi connectivity index (χ2v) is 22.9. The van der Waals surface area contributed by atoms with Crippen molar-refractivity contribution < 1.29 is 14.3 Å². The van der Waals surface area contributed by atoms with Crippen LogP contribution < -0.4 is 15.4 Å². The average Bonchev–Trinajstić information content (AvgIpc) is 3.99. The summed E-state index contributed by atoms with van der Waals surface area (Å²) in [6, 6.07) is 33.4. The zero-order chi connectivity index (χ0) is 49.9. The molecule has 2 N–H and O–H groups in total. The number of carbonyl (C=O) groups excluding carboxylic acids is 1. The highest BCUT2D eigenvalue weighted by atomic mass is 35.5. The molecule has 1 aromatic heterocycles. The lowest BCUT2D eigenvalue weighted by atomic mass is 9.54. The quantitative estimate of drug-likeness (QED) is 0.112. The lowest BCUT2D eigenvalue weighted by Gasteiger charge is -2.57. The van der Waals surface area contributed by atoms with Crippen molar-refractivity contribution in [3.05, 3.63) is 136 Å². The largest absolute Gasteiger partial charge is 0.457 e. The summed E-state index contributed by atoms with van der Waals surface area (Å²) in [4.78, 5) is 32.2. The van der Waals surface area contributed by atoms with Crippen LogP contribution in [-0.2, 0) is 42.5 Å². The van der Waals surface area contributed by atoms with Crippen LogP contribution in [0.4, 0.5) is 0 Å². The third-order valence-electron chi connectivity index (χ3n) is 17.7. The van der Waals surface area contributed by atoms with Crippen LogP contribution in [0.3, 0.4) is 0 Å². The van der Waals surface area contributed by atoms with E-state index in [4.69, 9.17) is 37.7 Å². The molecular formula is C58H74Cl2N8O3. The SMILES string of the molecule is CCC12C(=O)C34C5C[C@H](Cc6ccc(Cl)cc6)N(C)C3[C@@H](COC)NC4[C@H](C)N(Cc3ccc(Cl)cc3Oc3ccc(-c4cnc(CN(C)C)n4C)cc3)C1C[C@@H](Cc1ccccc1)C2N(C)C[C@H](C)N5. The van der Waals surface area contributed by atoms with E-state index in [-0.39, 0.29) is 60.3 Å². The van der Waals surface area contributed by atoms with Crippen LogP contribution in [0.25, 0.3) is 11.3 Å². The first-order valence-corrected chi connectivity index (χ1v) is 26.7. The molecule has 0 amide bonds. The smallest absolute Gasteiger partial charge is 0.153 e. The zero-order valence-corrected chi connectivity index (χ0v) is 44.6. The lowest BCUT2D eigenvalue weighted by molar-refractivity contribution is -0.154. The molecule has 0 radical (unpaired) electrons. The summed E-state index contributed by atoms with van der Waals surface area (Å²) in [5, 5.41) is 9.88. The van der Waals surface area contributed by atoms with Crippen LogP contribution in [0, 0.1) is 16.7 Å². The maximum absolute atomic E-state index is 17.5. The van der Waals surface area contributed by atoms with Crippen molar-refractivity contribution in [3.63, 3.8) is 0 Å². The zero-order valence-electron chi connectivity index (χ0n) is 43.1. The number of nitrogens with zero attached hydrogens (tertiary/aromatic N) is 6. The van der Waals surface area contributed by atoms with E-state index in [1.165, 1.54) is 11.1 Å². The fraction of sp³-hybridized carbons (Fsp3) is 0.517. The van der Waals surface area contributed by atoms with Gasteiger partial charge >= 0.3 is 0 Å². The van der Waals surface area contributed by atoms with Gasteiger partial charge in [0.25, 0.3) is 0 Å². The second-order valence-electron chi connectivity index (χ2n) is 22.0. The molecule has 4 aliphatic heterocycles. The molecule has 5 fully saturated rings. The number of hydrogen-bond donors (Lipinski definition) is 2. The molecule has 10 rings (SSSR count). The lowest BCUT2D eigenvalue weighted by Crippen LogP contribution is -2.74. The number of carbonyl (C=O) groups is 1. The van der Waals surface area contributed by atoms with E-state index in [2.05, 4.69) is 151 Å². The Morgan fingerprint density at radius 1 is 0.859 bits per heavy atom. The Morgan fingerprint density at radius 2 is 1.58 bits per heavy atom. The minimum Gasteiger partial charge on any atom is -0.457 e. The van der Waals surface area contributed by atoms with Crippen molar-refractivity contribution in [1.29, 1.82) is 0 Å². The van der Waals surface area contributed by atoms with Gasteiger partial charge in [0.1, 0.15) is 17.3 Å².